The van der Waals surface area contributed by atoms with E-state index in [1.807, 2.05) is 0 Å². The first-order valence-corrected chi connectivity index (χ1v) is 32.1. The van der Waals surface area contributed by atoms with Gasteiger partial charge in [0.1, 0.15) is 0 Å². The summed E-state index contributed by atoms with van der Waals surface area (Å²) in [6, 6.07) is 131. The van der Waals surface area contributed by atoms with E-state index in [9.17, 15) is 0 Å². The van der Waals surface area contributed by atoms with E-state index in [0.717, 1.165) is 11.4 Å². The molecule has 0 fully saturated rings. The molecule has 0 aliphatic carbocycles. The molecule has 16 rings (SSSR count). The van der Waals surface area contributed by atoms with Crippen LogP contribution in [0.3, 0.4) is 0 Å². The van der Waals surface area contributed by atoms with Gasteiger partial charge in [-0.1, -0.05) is 303 Å². The van der Waals surface area contributed by atoms with Crippen LogP contribution in [0.4, 0.5) is 34.1 Å². The van der Waals surface area contributed by atoms with Gasteiger partial charge in [-0.15, -0.1) is 0 Å². The lowest BCUT2D eigenvalue weighted by molar-refractivity contribution is 1.27. The molecule has 0 aromatic heterocycles. The van der Waals surface area contributed by atoms with E-state index in [-0.39, 0.29) is 0 Å². The van der Waals surface area contributed by atoms with Gasteiger partial charge in [-0.05, 0) is 158 Å². The summed E-state index contributed by atoms with van der Waals surface area (Å²) in [6.45, 7) is 0. The molecule has 0 amide bonds. The third kappa shape index (κ3) is 8.78. The summed E-state index contributed by atoms with van der Waals surface area (Å²) >= 11 is 0. The molecular weight excluding hydrogens is 1070 g/mol. The van der Waals surface area contributed by atoms with Crippen molar-refractivity contribution in [2.45, 2.75) is 0 Å². The average molecular weight is 1120 g/mol. The number of hydrogen-bond donors (Lipinski definition) is 0. The van der Waals surface area contributed by atoms with Gasteiger partial charge in [0.05, 0.1) is 0 Å². The van der Waals surface area contributed by atoms with Crippen LogP contribution in [-0.4, -0.2) is 8.07 Å². The van der Waals surface area contributed by atoms with Gasteiger partial charge in [0.15, 0.2) is 8.07 Å². The smallest absolute Gasteiger partial charge is 0.188 e. The van der Waals surface area contributed by atoms with Crippen molar-refractivity contribution in [3.05, 3.63) is 352 Å². The fraction of sp³-hybridized carbons (Fsp3) is 0. The predicted molar refractivity (Wildman–Crippen MR) is 370 cm³/mol. The van der Waals surface area contributed by atoms with E-state index >= 15 is 0 Å². The van der Waals surface area contributed by atoms with Gasteiger partial charge in [0.2, 0.25) is 0 Å². The zero-order chi connectivity index (χ0) is 57.7. The molecule has 0 radical (unpaired) electrons. The van der Waals surface area contributed by atoms with Gasteiger partial charge in [-0.2, -0.15) is 0 Å². The Morgan fingerprint density at radius 1 is 0.161 bits per heavy atom. The summed E-state index contributed by atoms with van der Waals surface area (Å²) in [5, 5.41) is 5.30. The van der Waals surface area contributed by atoms with Gasteiger partial charge < -0.3 is 9.80 Å². The van der Waals surface area contributed by atoms with Crippen LogP contribution in [0, 0.1) is 0 Å². The fourth-order valence-electron chi connectivity index (χ4n) is 14.1. The van der Waals surface area contributed by atoms with Gasteiger partial charge in [0.25, 0.3) is 0 Å². The Morgan fingerprint density at radius 3 is 0.563 bits per heavy atom. The minimum atomic E-state index is -3.73. The lowest BCUT2D eigenvalue weighted by atomic mass is 9.93. The van der Waals surface area contributed by atoms with E-state index in [2.05, 4.69) is 362 Å². The largest absolute Gasteiger partial charge is 0.311 e. The predicted octanol–water partition coefficient (Wildman–Crippen LogP) is 20.0. The molecular formula is C84H58N2Si. The summed E-state index contributed by atoms with van der Waals surface area (Å²) in [5.41, 5.74) is 25.9. The van der Waals surface area contributed by atoms with E-state index in [4.69, 9.17) is 0 Å². The quantitative estimate of drug-likeness (QED) is 0.126. The summed E-state index contributed by atoms with van der Waals surface area (Å²) in [6.07, 6.45) is 0. The number of benzene rings is 14. The molecule has 2 heterocycles. The molecule has 2 aliphatic rings. The van der Waals surface area contributed by atoms with Crippen LogP contribution >= 0.6 is 0 Å². The summed E-state index contributed by atoms with van der Waals surface area (Å²) in [5.74, 6) is 0. The van der Waals surface area contributed by atoms with Gasteiger partial charge >= 0.3 is 0 Å². The van der Waals surface area contributed by atoms with Crippen LogP contribution in [0.1, 0.15) is 0 Å². The SMILES string of the molecule is c1ccc(-c2ccccc2-c2ccc3c(c2)[Si]2(c4cc(-c5ccccc5-c5ccccc5)ccc4N3c3ccccc3)c3cc(-c4ccccc4-c4ccccc4)ccc3N(c3ccccc3)c3ccc(-c4ccccc4-c4ccccc4)cc32)cc1. The Kier molecular flexibility index (Phi) is 12.9. The maximum Gasteiger partial charge on any atom is 0.188 e. The highest BCUT2D eigenvalue weighted by Gasteiger charge is 2.55. The third-order valence-corrected chi connectivity index (χ3v) is 22.7. The van der Waals surface area contributed by atoms with Crippen molar-refractivity contribution in [3.63, 3.8) is 0 Å². The van der Waals surface area contributed by atoms with Crippen LogP contribution in [-0.2, 0) is 0 Å². The molecule has 87 heavy (non-hydrogen) atoms. The maximum absolute atomic E-state index is 3.73. The van der Waals surface area contributed by atoms with Crippen molar-refractivity contribution in [2.75, 3.05) is 9.80 Å². The van der Waals surface area contributed by atoms with E-state index in [1.54, 1.807) is 0 Å². The summed E-state index contributed by atoms with van der Waals surface area (Å²) in [7, 11) is -3.73. The number of rotatable bonds is 10. The lowest BCUT2D eigenvalue weighted by Gasteiger charge is -2.50. The zero-order valence-electron chi connectivity index (χ0n) is 47.9. The second kappa shape index (κ2) is 21.8. The molecule has 0 unspecified atom stereocenters. The average Bonchev–Trinajstić information content (AvgIpc) is 0.689. The zero-order valence-corrected chi connectivity index (χ0v) is 48.9. The topological polar surface area (TPSA) is 6.48 Å². The van der Waals surface area contributed by atoms with Crippen LogP contribution in [0.5, 0.6) is 0 Å². The monoisotopic (exact) mass is 1120 g/mol. The Bertz CT molecular complexity index is 4270. The molecule has 0 N–H and O–H groups in total. The minimum Gasteiger partial charge on any atom is -0.311 e. The highest BCUT2D eigenvalue weighted by atomic mass is 28.3. The number of anilines is 6. The second-order valence-corrected chi connectivity index (χ2v) is 26.3. The molecule has 0 saturated heterocycles. The number of fused-ring (bicyclic) bond motifs is 8. The third-order valence-electron chi connectivity index (χ3n) is 17.9. The first-order valence-electron chi connectivity index (χ1n) is 30.1. The Balaban J connectivity index is 1.10. The van der Waals surface area contributed by atoms with Gasteiger partial charge in [-0.3, -0.25) is 0 Å². The van der Waals surface area contributed by atoms with E-state index in [0.29, 0.717) is 0 Å². The normalized spacial score (nSPS) is 12.6. The first kappa shape index (κ1) is 51.5. The Labute approximate surface area is 510 Å². The summed E-state index contributed by atoms with van der Waals surface area (Å²) < 4.78 is 0. The molecule has 0 atom stereocenters. The van der Waals surface area contributed by atoms with Gasteiger partial charge in [-0.25, -0.2) is 0 Å². The fourth-order valence-corrected chi connectivity index (χ4v) is 19.6. The van der Waals surface area contributed by atoms with Crippen molar-refractivity contribution in [1.29, 1.82) is 0 Å². The molecule has 0 saturated carbocycles. The molecule has 14 aromatic carbocycles. The van der Waals surface area contributed by atoms with E-state index in [1.165, 1.54) is 133 Å². The number of hydrogen-bond acceptors (Lipinski definition) is 2. The maximum atomic E-state index is 2.62. The Morgan fingerprint density at radius 2 is 0.345 bits per heavy atom. The lowest BCUT2D eigenvalue weighted by Crippen LogP contribution is -2.79. The van der Waals surface area contributed by atoms with Crippen molar-refractivity contribution in [2.24, 2.45) is 0 Å². The molecule has 14 aromatic rings. The highest BCUT2D eigenvalue weighted by molar-refractivity contribution is 7.23. The standard InChI is InChI=1S/C84H58N2Si/c1-7-27-59(28-8-1)69-39-19-23-43-73(69)63-47-51-77-81(55-63)87(82-56-64(48-52-78(82)85(77)67-35-15-5-16-36-67)74-44-24-20-40-70(74)60-29-9-2-10-30-60)83-57-65(75-45-25-21-41-71(75)61-31-11-3-12-32-61)49-53-79(83)86(68-37-17-6-18-38-68)80-54-50-66(58-84(80)87)76-46-26-22-42-72(76)62-33-13-4-14-34-62/h1-58H. The van der Waals surface area contributed by atoms with E-state index < -0.39 is 8.07 Å². The number of nitrogens with zero attached hydrogens (tertiary/aromatic N) is 2. The Hall–Kier alpha value is -11.1. The second-order valence-electron chi connectivity index (χ2n) is 22.7. The minimum absolute atomic E-state index is 1.11. The first-order chi connectivity index (χ1) is 43.2. The molecule has 2 nitrogen and oxygen atoms in total. The highest BCUT2D eigenvalue weighted by Crippen LogP contribution is 2.48. The molecule has 408 valence electrons. The molecule has 1 spiro atoms. The number of para-hydroxylation sites is 2. The van der Waals surface area contributed by atoms with Crippen LogP contribution in [0.2, 0.25) is 0 Å². The van der Waals surface area contributed by atoms with Crippen LogP contribution in [0.15, 0.2) is 352 Å². The van der Waals surface area contributed by atoms with Crippen molar-refractivity contribution in [3.8, 4) is 89.0 Å². The van der Waals surface area contributed by atoms with Gasteiger partial charge in [0, 0.05) is 34.1 Å². The van der Waals surface area contributed by atoms with Crippen LogP contribution < -0.4 is 30.5 Å². The molecule has 0 bridgehead atoms. The summed E-state index contributed by atoms with van der Waals surface area (Å²) in [4.78, 5) is 5.13. The van der Waals surface area contributed by atoms with Crippen LogP contribution in [0.25, 0.3) is 89.0 Å². The van der Waals surface area contributed by atoms with Crippen molar-refractivity contribution in [1.82, 2.24) is 0 Å². The molecule has 3 heteroatoms. The van der Waals surface area contributed by atoms with Crippen molar-refractivity contribution >= 4 is 62.9 Å². The van der Waals surface area contributed by atoms with Crippen molar-refractivity contribution < 1.29 is 0 Å². The molecule has 2 aliphatic heterocycles.